The van der Waals surface area contributed by atoms with Crippen molar-refractivity contribution in [1.82, 2.24) is 0 Å². The number of hydrogen-bond donors (Lipinski definition) is 1. The van der Waals surface area contributed by atoms with Crippen LogP contribution in [0.5, 0.6) is 0 Å². The van der Waals surface area contributed by atoms with E-state index in [1.165, 1.54) is 12.1 Å². The molecule has 0 bridgehead atoms. The van der Waals surface area contributed by atoms with Gasteiger partial charge in [-0.1, -0.05) is 45.0 Å². The minimum absolute atomic E-state index is 0.0729. The van der Waals surface area contributed by atoms with E-state index in [4.69, 9.17) is 4.42 Å². The van der Waals surface area contributed by atoms with Crippen molar-refractivity contribution in [2.45, 2.75) is 38.6 Å². The Bertz CT molecular complexity index is 1040. The minimum Gasteiger partial charge on any atom is -0.460 e. The number of benzene rings is 2. The lowest BCUT2D eigenvalue weighted by Gasteiger charge is -2.08. The number of carbonyl (C=O) groups excluding carboxylic acids is 1. The lowest BCUT2D eigenvalue weighted by molar-refractivity contribution is -0.137. The Morgan fingerprint density at radius 1 is 1.10 bits per heavy atom. The molecule has 3 rings (SSSR count). The maximum Gasteiger partial charge on any atom is 0.416 e. The van der Waals surface area contributed by atoms with Gasteiger partial charge in [-0.15, -0.1) is 0 Å². The predicted molar refractivity (Wildman–Crippen MR) is 119 cm³/mol. The maximum atomic E-state index is 13.0. The van der Waals surface area contributed by atoms with Crippen molar-refractivity contribution >= 4 is 23.4 Å². The highest BCUT2D eigenvalue weighted by molar-refractivity contribution is 7.98. The summed E-state index contributed by atoms with van der Waals surface area (Å²) in [5.74, 6) is 2.33. The highest BCUT2D eigenvalue weighted by Crippen LogP contribution is 2.34. The lowest BCUT2D eigenvalue weighted by Crippen LogP contribution is -2.13. The lowest BCUT2D eigenvalue weighted by atomic mass is 10.1. The van der Waals surface area contributed by atoms with E-state index in [0.717, 1.165) is 29.2 Å². The van der Waals surface area contributed by atoms with Gasteiger partial charge in [0, 0.05) is 22.9 Å². The molecule has 0 aliphatic heterocycles. The molecule has 2 aromatic carbocycles. The van der Waals surface area contributed by atoms with E-state index in [1.807, 2.05) is 38.1 Å². The summed E-state index contributed by atoms with van der Waals surface area (Å²) in [5, 5.41) is 2.91. The average Bonchev–Trinajstić information content (AvgIpc) is 3.18. The molecule has 31 heavy (non-hydrogen) atoms. The third-order valence-electron chi connectivity index (χ3n) is 4.68. The summed E-state index contributed by atoms with van der Waals surface area (Å²) >= 11 is 1.80. The number of furan rings is 1. The van der Waals surface area contributed by atoms with Crippen molar-refractivity contribution in [2.75, 3.05) is 11.1 Å². The van der Waals surface area contributed by atoms with E-state index >= 15 is 0 Å². The molecule has 1 N–H and O–H groups in total. The Kier molecular flexibility index (Phi) is 7.15. The van der Waals surface area contributed by atoms with Crippen molar-refractivity contribution in [1.29, 1.82) is 0 Å². The summed E-state index contributed by atoms with van der Waals surface area (Å²) in [6.45, 7) is 5.89. The van der Waals surface area contributed by atoms with E-state index in [0.29, 0.717) is 28.3 Å². The van der Waals surface area contributed by atoms with Gasteiger partial charge in [-0.3, -0.25) is 4.79 Å². The van der Waals surface area contributed by atoms with Crippen LogP contribution < -0.4 is 5.32 Å². The largest absolute Gasteiger partial charge is 0.460 e. The van der Waals surface area contributed by atoms with Crippen LogP contribution in [0.3, 0.4) is 0 Å². The molecule has 3 aromatic rings. The van der Waals surface area contributed by atoms with Gasteiger partial charge in [-0.2, -0.15) is 24.9 Å². The SMILES string of the molecule is CCSCc1cccc(NC(=O)c2cc(-c3ccc(C(F)(F)F)cc3)oc2C(C)C)c1. The van der Waals surface area contributed by atoms with Crippen LogP contribution in [-0.4, -0.2) is 11.7 Å². The normalized spacial score (nSPS) is 11.7. The van der Waals surface area contributed by atoms with Gasteiger partial charge in [0.25, 0.3) is 5.91 Å². The molecule has 0 spiro atoms. The number of anilines is 1. The van der Waals surface area contributed by atoms with Crippen LogP contribution in [0, 0.1) is 0 Å². The zero-order valence-electron chi connectivity index (χ0n) is 17.5. The van der Waals surface area contributed by atoms with Gasteiger partial charge in [-0.05, 0) is 41.6 Å². The number of rotatable bonds is 7. The summed E-state index contributed by atoms with van der Waals surface area (Å²) in [5.41, 5.74) is 1.93. The van der Waals surface area contributed by atoms with Gasteiger partial charge in [-0.25, -0.2) is 0 Å². The standard InChI is InChI=1S/C24H24F3NO2S/c1-4-31-14-16-6-5-7-19(12-16)28-23(29)20-13-21(30-22(20)15(2)3)17-8-10-18(11-9-17)24(25,26)27/h5-13,15H,4,14H2,1-3H3,(H,28,29). The molecule has 0 atom stereocenters. The van der Waals surface area contributed by atoms with Gasteiger partial charge in [0.1, 0.15) is 11.5 Å². The highest BCUT2D eigenvalue weighted by Gasteiger charge is 2.30. The molecule has 0 aliphatic rings. The second-order valence-corrected chi connectivity index (χ2v) is 8.68. The third kappa shape index (κ3) is 5.73. The average molecular weight is 448 g/mol. The first kappa shape index (κ1) is 23.0. The summed E-state index contributed by atoms with van der Waals surface area (Å²) in [4.78, 5) is 13.0. The summed E-state index contributed by atoms with van der Waals surface area (Å²) in [7, 11) is 0. The van der Waals surface area contributed by atoms with Crippen molar-refractivity contribution < 1.29 is 22.4 Å². The molecule has 7 heteroatoms. The Labute approximate surface area is 184 Å². The van der Waals surface area contributed by atoms with Crippen LogP contribution in [0.2, 0.25) is 0 Å². The fourth-order valence-electron chi connectivity index (χ4n) is 3.13. The van der Waals surface area contributed by atoms with Crippen molar-refractivity contribution in [3.8, 4) is 11.3 Å². The first-order valence-corrected chi connectivity index (χ1v) is 11.1. The summed E-state index contributed by atoms with van der Waals surface area (Å²) < 4.78 is 44.4. The van der Waals surface area contributed by atoms with E-state index < -0.39 is 11.7 Å². The smallest absolute Gasteiger partial charge is 0.416 e. The van der Waals surface area contributed by atoms with Crippen molar-refractivity contribution in [3.05, 3.63) is 77.0 Å². The zero-order chi connectivity index (χ0) is 22.6. The summed E-state index contributed by atoms with van der Waals surface area (Å²) in [6.07, 6.45) is -4.40. The molecule has 1 heterocycles. The predicted octanol–water partition coefficient (Wildman–Crippen LogP) is 7.59. The second kappa shape index (κ2) is 9.64. The number of hydrogen-bond acceptors (Lipinski definition) is 3. The van der Waals surface area contributed by atoms with Gasteiger partial charge in [0.05, 0.1) is 11.1 Å². The first-order chi connectivity index (χ1) is 14.7. The molecule has 0 radical (unpaired) electrons. The maximum absolute atomic E-state index is 13.0. The topological polar surface area (TPSA) is 42.2 Å². The molecule has 164 valence electrons. The second-order valence-electron chi connectivity index (χ2n) is 7.41. The van der Waals surface area contributed by atoms with Crippen molar-refractivity contribution in [2.24, 2.45) is 0 Å². The molecule has 3 nitrogen and oxygen atoms in total. The Morgan fingerprint density at radius 3 is 2.42 bits per heavy atom. The first-order valence-electron chi connectivity index (χ1n) is 9.98. The number of halogens is 3. The van der Waals surface area contributed by atoms with E-state index in [1.54, 1.807) is 17.8 Å². The Morgan fingerprint density at radius 2 is 1.81 bits per heavy atom. The number of nitrogens with one attached hydrogen (secondary N) is 1. The van der Waals surface area contributed by atoms with Crippen LogP contribution >= 0.6 is 11.8 Å². The molecule has 0 aliphatic carbocycles. The Hall–Kier alpha value is -2.67. The minimum atomic E-state index is -4.40. The molecule has 1 aromatic heterocycles. The number of carbonyl (C=O) groups is 1. The zero-order valence-corrected chi connectivity index (χ0v) is 18.4. The fourth-order valence-corrected chi connectivity index (χ4v) is 3.75. The van der Waals surface area contributed by atoms with Gasteiger partial charge in [0.2, 0.25) is 0 Å². The molecule has 1 amide bonds. The molecular formula is C24H24F3NO2S. The number of alkyl halides is 3. The van der Waals surface area contributed by atoms with E-state index in [-0.39, 0.29) is 11.8 Å². The number of amides is 1. The van der Waals surface area contributed by atoms with Crippen LogP contribution in [0.1, 0.15) is 53.9 Å². The molecule has 0 saturated heterocycles. The van der Waals surface area contributed by atoms with Crippen LogP contribution in [-0.2, 0) is 11.9 Å². The van der Waals surface area contributed by atoms with Gasteiger partial charge in [0.15, 0.2) is 0 Å². The van der Waals surface area contributed by atoms with Gasteiger partial charge >= 0.3 is 6.18 Å². The van der Waals surface area contributed by atoms with E-state index in [2.05, 4.69) is 12.2 Å². The summed E-state index contributed by atoms with van der Waals surface area (Å²) in [6, 6.07) is 14.0. The highest BCUT2D eigenvalue weighted by atomic mass is 32.2. The van der Waals surface area contributed by atoms with Crippen LogP contribution in [0.4, 0.5) is 18.9 Å². The van der Waals surface area contributed by atoms with E-state index in [9.17, 15) is 18.0 Å². The monoisotopic (exact) mass is 447 g/mol. The number of thioether (sulfide) groups is 1. The van der Waals surface area contributed by atoms with Crippen LogP contribution in [0.15, 0.2) is 59.0 Å². The Balaban J connectivity index is 1.86. The molecular weight excluding hydrogens is 423 g/mol. The van der Waals surface area contributed by atoms with Crippen molar-refractivity contribution in [3.63, 3.8) is 0 Å². The van der Waals surface area contributed by atoms with Gasteiger partial charge < -0.3 is 9.73 Å². The molecule has 0 fully saturated rings. The van der Waals surface area contributed by atoms with Crippen LogP contribution in [0.25, 0.3) is 11.3 Å². The fraction of sp³-hybridized carbons (Fsp3) is 0.292. The molecule has 0 unspecified atom stereocenters. The molecule has 0 saturated carbocycles. The third-order valence-corrected chi connectivity index (χ3v) is 5.63. The quantitative estimate of drug-likeness (QED) is 0.406.